The topological polar surface area (TPSA) is 43.4 Å². The van der Waals surface area contributed by atoms with Crippen LogP contribution in [0.3, 0.4) is 0 Å². The minimum Gasteiger partial charge on any atom is -0.468 e. The Kier molecular flexibility index (Phi) is 2.51. The zero-order valence-corrected chi connectivity index (χ0v) is 10.4. The van der Waals surface area contributed by atoms with Gasteiger partial charge in [-0.05, 0) is 30.4 Å². The summed E-state index contributed by atoms with van der Waals surface area (Å²) in [6.07, 6.45) is 3.10. The van der Waals surface area contributed by atoms with E-state index in [1.165, 1.54) is 18.2 Å². The Morgan fingerprint density at radius 2 is 2.17 bits per heavy atom. The van der Waals surface area contributed by atoms with Crippen molar-refractivity contribution in [2.75, 3.05) is 7.11 Å². The number of hydrogen-bond acceptors (Lipinski definition) is 3. The molecule has 2 unspecified atom stereocenters. The number of esters is 1. The minimum atomic E-state index is -0.554. The van der Waals surface area contributed by atoms with Gasteiger partial charge in [-0.1, -0.05) is 24.3 Å². The molecule has 3 nitrogen and oxygen atoms in total. The highest BCUT2D eigenvalue weighted by molar-refractivity contribution is 6.01. The van der Waals surface area contributed by atoms with E-state index in [-0.39, 0.29) is 17.2 Å². The first-order valence-electron chi connectivity index (χ1n) is 6.35. The second-order valence-corrected chi connectivity index (χ2v) is 5.36. The highest BCUT2D eigenvalue weighted by Crippen LogP contribution is 2.50. The Bertz CT molecular complexity index is 520. The van der Waals surface area contributed by atoms with E-state index in [1.54, 1.807) is 0 Å². The van der Waals surface area contributed by atoms with Gasteiger partial charge in [-0.25, -0.2) is 0 Å². The number of fused-ring (bicyclic) bond motifs is 2. The summed E-state index contributed by atoms with van der Waals surface area (Å²) in [5.41, 5.74) is 2.49. The van der Waals surface area contributed by atoms with Gasteiger partial charge in [-0.2, -0.15) is 0 Å². The molecule has 0 heterocycles. The molecule has 3 rings (SSSR count). The van der Waals surface area contributed by atoms with Gasteiger partial charge in [0.25, 0.3) is 0 Å². The fourth-order valence-electron chi connectivity index (χ4n) is 3.55. The van der Waals surface area contributed by atoms with Gasteiger partial charge < -0.3 is 4.74 Å². The molecule has 1 spiro atoms. The molecule has 0 radical (unpaired) electrons. The van der Waals surface area contributed by atoms with Crippen LogP contribution in [0.2, 0.25) is 0 Å². The molecule has 1 fully saturated rings. The maximum absolute atomic E-state index is 12.0. The number of carbonyl (C=O) groups excluding carboxylic acids is 2. The Morgan fingerprint density at radius 3 is 2.94 bits per heavy atom. The summed E-state index contributed by atoms with van der Waals surface area (Å²) >= 11 is 0. The van der Waals surface area contributed by atoms with Crippen molar-refractivity contribution in [3.05, 3.63) is 35.4 Å². The number of benzene rings is 1. The van der Waals surface area contributed by atoms with Gasteiger partial charge in [0, 0.05) is 11.8 Å². The first kappa shape index (κ1) is 11.5. The number of ether oxygens (including phenoxy) is 1. The molecule has 0 N–H and O–H groups in total. The predicted octanol–water partition coefficient (Wildman–Crippen LogP) is 2.02. The Morgan fingerprint density at radius 1 is 1.39 bits per heavy atom. The SMILES string of the molecule is COC(=O)C1CC2(CCc3ccccc32)CC1=O. The third-order valence-electron chi connectivity index (χ3n) is 4.44. The van der Waals surface area contributed by atoms with Crippen molar-refractivity contribution in [3.63, 3.8) is 0 Å². The van der Waals surface area contributed by atoms with Crippen molar-refractivity contribution < 1.29 is 14.3 Å². The lowest BCUT2D eigenvalue weighted by atomic mass is 9.79. The largest absolute Gasteiger partial charge is 0.468 e. The Labute approximate surface area is 106 Å². The van der Waals surface area contributed by atoms with Crippen LogP contribution in [-0.4, -0.2) is 18.9 Å². The van der Waals surface area contributed by atoms with Crippen LogP contribution < -0.4 is 0 Å². The van der Waals surface area contributed by atoms with Crippen molar-refractivity contribution in [2.45, 2.75) is 31.1 Å². The molecule has 0 amide bonds. The fourth-order valence-corrected chi connectivity index (χ4v) is 3.55. The van der Waals surface area contributed by atoms with Crippen molar-refractivity contribution in [1.82, 2.24) is 0 Å². The van der Waals surface area contributed by atoms with E-state index >= 15 is 0 Å². The molecule has 1 aromatic rings. The lowest BCUT2D eigenvalue weighted by molar-refractivity contribution is -0.148. The zero-order chi connectivity index (χ0) is 12.8. The third kappa shape index (κ3) is 1.50. The van der Waals surface area contributed by atoms with E-state index in [0.29, 0.717) is 12.8 Å². The van der Waals surface area contributed by atoms with Gasteiger partial charge in [0.1, 0.15) is 11.7 Å². The smallest absolute Gasteiger partial charge is 0.316 e. The number of hydrogen-bond donors (Lipinski definition) is 0. The van der Waals surface area contributed by atoms with Crippen molar-refractivity contribution in [2.24, 2.45) is 5.92 Å². The van der Waals surface area contributed by atoms with Crippen LogP contribution >= 0.6 is 0 Å². The molecule has 3 heteroatoms. The molecule has 94 valence electrons. The van der Waals surface area contributed by atoms with Crippen LogP contribution in [0.5, 0.6) is 0 Å². The zero-order valence-electron chi connectivity index (χ0n) is 10.4. The third-order valence-corrected chi connectivity index (χ3v) is 4.44. The van der Waals surface area contributed by atoms with Gasteiger partial charge in [0.15, 0.2) is 0 Å². The molecule has 18 heavy (non-hydrogen) atoms. The first-order chi connectivity index (χ1) is 8.66. The van der Waals surface area contributed by atoms with Crippen molar-refractivity contribution in [1.29, 1.82) is 0 Å². The minimum absolute atomic E-state index is 0.0403. The average molecular weight is 244 g/mol. The van der Waals surface area contributed by atoms with Gasteiger partial charge >= 0.3 is 5.97 Å². The van der Waals surface area contributed by atoms with Gasteiger partial charge in [0.05, 0.1) is 7.11 Å². The fraction of sp³-hybridized carbons (Fsp3) is 0.467. The summed E-state index contributed by atoms with van der Waals surface area (Å²) in [7, 11) is 1.35. The quantitative estimate of drug-likeness (QED) is 0.560. The molecule has 0 saturated heterocycles. The first-order valence-corrected chi connectivity index (χ1v) is 6.35. The summed E-state index contributed by atoms with van der Waals surface area (Å²) in [5, 5.41) is 0. The van der Waals surface area contributed by atoms with Crippen LogP contribution in [0.4, 0.5) is 0 Å². The second kappa shape index (κ2) is 3.94. The van der Waals surface area contributed by atoms with E-state index in [1.807, 2.05) is 12.1 Å². The highest BCUT2D eigenvalue weighted by atomic mass is 16.5. The molecule has 1 saturated carbocycles. The maximum atomic E-state index is 12.0. The van der Waals surface area contributed by atoms with Gasteiger partial charge in [-0.3, -0.25) is 9.59 Å². The normalized spacial score (nSPS) is 29.6. The summed E-state index contributed by atoms with van der Waals surface area (Å²) in [6.45, 7) is 0. The number of ketones is 1. The Balaban J connectivity index is 1.96. The van der Waals surface area contributed by atoms with Crippen LogP contribution in [0, 0.1) is 5.92 Å². The summed E-state index contributed by atoms with van der Waals surface area (Å²) in [5.74, 6) is -0.888. The molecule has 0 aliphatic heterocycles. The van der Waals surface area contributed by atoms with E-state index in [4.69, 9.17) is 4.74 Å². The molecule has 2 atom stereocenters. The molecular formula is C15H16O3. The average Bonchev–Trinajstić information content (AvgIpc) is 2.92. The summed E-state index contributed by atoms with van der Waals surface area (Å²) in [6, 6.07) is 8.28. The number of methoxy groups -OCH3 is 1. The van der Waals surface area contributed by atoms with Gasteiger partial charge in [0.2, 0.25) is 0 Å². The molecule has 2 aliphatic carbocycles. The molecule has 0 aromatic heterocycles. The molecular weight excluding hydrogens is 228 g/mol. The lowest BCUT2D eigenvalue weighted by Gasteiger charge is -2.23. The number of carbonyl (C=O) groups is 2. The van der Waals surface area contributed by atoms with Crippen LogP contribution in [-0.2, 0) is 26.2 Å². The van der Waals surface area contributed by atoms with Crippen LogP contribution in [0.25, 0.3) is 0 Å². The highest BCUT2D eigenvalue weighted by Gasteiger charge is 2.51. The van der Waals surface area contributed by atoms with Crippen molar-refractivity contribution in [3.8, 4) is 0 Å². The second-order valence-electron chi connectivity index (χ2n) is 5.36. The van der Waals surface area contributed by atoms with Crippen LogP contribution in [0.15, 0.2) is 24.3 Å². The maximum Gasteiger partial charge on any atom is 0.316 e. The number of aryl methyl sites for hydroxylation is 1. The lowest BCUT2D eigenvalue weighted by Crippen LogP contribution is -2.22. The van der Waals surface area contributed by atoms with Crippen molar-refractivity contribution >= 4 is 11.8 Å². The van der Waals surface area contributed by atoms with Crippen LogP contribution in [0.1, 0.15) is 30.4 Å². The number of rotatable bonds is 1. The molecule has 2 aliphatic rings. The van der Waals surface area contributed by atoms with E-state index in [9.17, 15) is 9.59 Å². The monoisotopic (exact) mass is 244 g/mol. The Hall–Kier alpha value is -1.64. The van der Waals surface area contributed by atoms with Gasteiger partial charge in [-0.15, -0.1) is 0 Å². The summed E-state index contributed by atoms with van der Waals surface area (Å²) < 4.78 is 4.74. The standard InChI is InChI=1S/C15H16O3/c1-18-14(17)11-8-15(9-13(11)16)7-6-10-4-2-3-5-12(10)15/h2-5,11H,6-9H2,1H3. The number of Topliss-reactive ketones (excluding diaryl/α,β-unsaturated/α-hetero) is 1. The van der Waals surface area contributed by atoms with E-state index < -0.39 is 5.92 Å². The summed E-state index contributed by atoms with van der Waals surface area (Å²) in [4.78, 5) is 23.7. The molecule has 1 aromatic carbocycles. The van der Waals surface area contributed by atoms with E-state index in [2.05, 4.69) is 12.1 Å². The molecule has 0 bridgehead atoms. The predicted molar refractivity (Wildman–Crippen MR) is 66.2 cm³/mol. The van der Waals surface area contributed by atoms with E-state index in [0.717, 1.165) is 12.8 Å².